The summed E-state index contributed by atoms with van der Waals surface area (Å²) in [5.41, 5.74) is 2.22. The third kappa shape index (κ3) is 2.04. The van der Waals surface area contributed by atoms with Gasteiger partial charge in [0.25, 0.3) is 0 Å². The number of nitrogens with zero attached hydrogens (tertiary/aromatic N) is 4. The van der Waals surface area contributed by atoms with E-state index in [9.17, 15) is 0 Å². The van der Waals surface area contributed by atoms with Crippen LogP contribution in [0.25, 0.3) is 11.0 Å². The Hall–Kier alpha value is -2.39. The average molecular weight is 253 g/mol. The maximum atomic E-state index is 8.77. The molecule has 18 heavy (non-hydrogen) atoms. The van der Waals surface area contributed by atoms with E-state index in [4.69, 9.17) is 5.26 Å². The Kier molecular flexibility index (Phi) is 2.67. The third-order valence-corrected chi connectivity index (χ3v) is 3.07. The molecule has 0 aliphatic rings. The Labute approximate surface area is 107 Å². The molecule has 0 bridgehead atoms. The Morgan fingerprint density at radius 3 is 2.89 bits per heavy atom. The van der Waals surface area contributed by atoms with Gasteiger partial charge >= 0.3 is 0 Å². The molecule has 2 heterocycles. The van der Waals surface area contributed by atoms with Gasteiger partial charge in [-0.15, -0.1) is 0 Å². The lowest BCUT2D eigenvalue weighted by atomic mass is 10.3. The highest BCUT2D eigenvalue weighted by Crippen LogP contribution is 2.23. The first-order chi connectivity index (χ1) is 8.85. The Balaban J connectivity index is 1.94. The largest absolute Gasteiger partial charge is 0.333 e. The fourth-order valence-electron chi connectivity index (χ4n) is 1.52. The summed E-state index contributed by atoms with van der Waals surface area (Å²) in [5, 5.41) is 9.99. The van der Waals surface area contributed by atoms with Crippen LogP contribution >= 0.6 is 11.8 Å². The number of aromatic amines is 1. The topological polar surface area (TPSA) is 78.2 Å². The van der Waals surface area contributed by atoms with Gasteiger partial charge in [-0.05, 0) is 30.0 Å². The van der Waals surface area contributed by atoms with Crippen LogP contribution in [0.1, 0.15) is 5.69 Å². The zero-order chi connectivity index (χ0) is 12.4. The van der Waals surface area contributed by atoms with E-state index in [1.165, 1.54) is 11.8 Å². The van der Waals surface area contributed by atoms with Gasteiger partial charge in [0, 0.05) is 6.20 Å². The van der Waals surface area contributed by atoms with Crippen molar-refractivity contribution in [3.63, 3.8) is 0 Å². The fraction of sp³-hybridized carbons (Fsp3) is 0. The van der Waals surface area contributed by atoms with Gasteiger partial charge in [0.2, 0.25) is 0 Å². The van der Waals surface area contributed by atoms with Crippen LogP contribution in [-0.4, -0.2) is 19.9 Å². The van der Waals surface area contributed by atoms with Crippen LogP contribution in [-0.2, 0) is 0 Å². The summed E-state index contributed by atoms with van der Waals surface area (Å²) < 4.78 is 0. The molecule has 0 saturated carbocycles. The minimum Gasteiger partial charge on any atom is -0.333 e. The van der Waals surface area contributed by atoms with Crippen molar-refractivity contribution in [3.05, 3.63) is 42.2 Å². The molecule has 2 aromatic heterocycles. The number of hydrogen-bond acceptors (Lipinski definition) is 5. The second kappa shape index (κ2) is 4.47. The van der Waals surface area contributed by atoms with Crippen molar-refractivity contribution in [2.45, 2.75) is 10.3 Å². The highest BCUT2D eigenvalue weighted by molar-refractivity contribution is 7.99. The van der Waals surface area contributed by atoms with E-state index in [1.54, 1.807) is 12.3 Å². The molecular weight excluding hydrogens is 246 g/mol. The van der Waals surface area contributed by atoms with E-state index in [2.05, 4.69) is 19.9 Å². The second-order valence-corrected chi connectivity index (χ2v) is 4.45. The maximum Gasteiger partial charge on any atom is 0.196 e. The molecule has 0 aliphatic carbocycles. The smallest absolute Gasteiger partial charge is 0.196 e. The minimum atomic E-state index is 0.351. The van der Waals surface area contributed by atoms with Gasteiger partial charge in [-0.3, -0.25) is 0 Å². The van der Waals surface area contributed by atoms with E-state index in [-0.39, 0.29) is 0 Å². The molecule has 0 radical (unpaired) electrons. The standard InChI is InChI=1S/C12H7N5S/c13-7-8-5-6-14-11(15-8)18-12-16-9-3-1-2-4-10(9)17-12/h1-6H,(H,16,17). The molecule has 0 unspecified atom stereocenters. The van der Waals surface area contributed by atoms with E-state index in [0.717, 1.165) is 11.0 Å². The first kappa shape index (κ1) is 10.7. The molecule has 0 atom stereocenters. The monoisotopic (exact) mass is 253 g/mol. The van der Waals surface area contributed by atoms with Crippen LogP contribution in [0.3, 0.4) is 0 Å². The van der Waals surface area contributed by atoms with Gasteiger partial charge < -0.3 is 4.98 Å². The molecule has 86 valence electrons. The van der Waals surface area contributed by atoms with Crippen molar-refractivity contribution in [1.82, 2.24) is 19.9 Å². The zero-order valence-corrected chi connectivity index (χ0v) is 9.98. The van der Waals surface area contributed by atoms with Crippen molar-refractivity contribution in [3.8, 4) is 6.07 Å². The number of fused-ring (bicyclic) bond motifs is 1. The molecule has 5 nitrogen and oxygen atoms in total. The van der Waals surface area contributed by atoms with Gasteiger partial charge in [0.1, 0.15) is 11.8 Å². The Morgan fingerprint density at radius 1 is 1.17 bits per heavy atom. The molecule has 0 aliphatic heterocycles. The predicted octanol–water partition coefficient (Wildman–Crippen LogP) is 2.38. The SMILES string of the molecule is N#Cc1ccnc(Sc2nc3ccccc3[nH]2)n1. The van der Waals surface area contributed by atoms with E-state index >= 15 is 0 Å². The normalized spacial score (nSPS) is 10.4. The summed E-state index contributed by atoms with van der Waals surface area (Å²) in [6.45, 7) is 0. The summed E-state index contributed by atoms with van der Waals surface area (Å²) in [7, 11) is 0. The van der Waals surface area contributed by atoms with Crippen LogP contribution in [0, 0.1) is 11.3 Å². The van der Waals surface area contributed by atoms with E-state index < -0.39 is 0 Å². The number of nitriles is 1. The molecule has 6 heteroatoms. The van der Waals surface area contributed by atoms with E-state index in [0.29, 0.717) is 16.0 Å². The van der Waals surface area contributed by atoms with Crippen LogP contribution in [0.4, 0.5) is 0 Å². The summed E-state index contributed by atoms with van der Waals surface area (Å²) in [6, 6.07) is 11.3. The van der Waals surface area contributed by atoms with Crippen molar-refractivity contribution in [2.75, 3.05) is 0 Å². The number of hydrogen-bond donors (Lipinski definition) is 1. The molecule has 1 aromatic carbocycles. The predicted molar refractivity (Wildman–Crippen MR) is 67.0 cm³/mol. The molecule has 3 aromatic rings. The first-order valence-corrected chi connectivity index (χ1v) is 6.02. The number of imidazole rings is 1. The highest BCUT2D eigenvalue weighted by atomic mass is 32.2. The van der Waals surface area contributed by atoms with Gasteiger partial charge in [-0.1, -0.05) is 12.1 Å². The fourth-order valence-corrected chi connectivity index (χ4v) is 2.25. The Bertz CT molecular complexity index is 710. The summed E-state index contributed by atoms with van der Waals surface area (Å²) >= 11 is 1.30. The van der Waals surface area contributed by atoms with Gasteiger partial charge in [-0.2, -0.15) is 5.26 Å². The van der Waals surface area contributed by atoms with Gasteiger partial charge in [0.05, 0.1) is 11.0 Å². The number of H-pyrrole nitrogens is 1. The lowest BCUT2D eigenvalue weighted by Gasteiger charge is -1.95. The molecule has 0 amide bonds. The molecule has 1 N–H and O–H groups in total. The second-order valence-electron chi connectivity index (χ2n) is 3.50. The lowest BCUT2D eigenvalue weighted by molar-refractivity contribution is 0.941. The molecular formula is C12H7N5S. The number of nitrogens with one attached hydrogen (secondary N) is 1. The van der Waals surface area contributed by atoms with Crippen molar-refractivity contribution < 1.29 is 0 Å². The van der Waals surface area contributed by atoms with Crippen molar-refractivity contribution in [1.29, 1.82) is 5.26 Å². The number of rotatable bonds is 2. The third-order valence-electron chi connectivity index (χ3n) is 2.30. The summed E-state index contributed by atoms with van der Waals surface area (Å²) in [4.78, 5) is 15.8. The van der Waals surface area contributed by atoms with E-state index in [1.807, 2.05) is 30.3 Å². The van der Waals surface area contributed by atoms with Gasteiger partial charge in [0.15, 0.2) is 10.3 Å². The summed E-state index contributed by atoms with van der Waals surface area (Å²) in [5.74, 6) is 0. The van der Waals surface area contributed by atoms with Crippen LogP contribution in [0.2, 0.25) is 0 Å². The molecule has 0 spiro atoms. The number of aromatic nitrogens is 4. The highest BCUT2D eigenvalue weighted by Gasteiger charge is 2.06. The quantitative estimate of drug-likeness (QED) is 0.709. The van der Waals surface area contributed by atoms with Crippen LogP contribution < -0.4 is 0 Å². The Morgan fingerprint density at radius 2 is 2.06 bits per heavy atom. The van der Waals surface area contributed by atoms with Crippen molar-refractivity contribution >= 4 is 22.8 Å². The van der Waals surface area contributed by atoms with Crippen molar-refractivity contribution in [2.24, 2.45) is 0 Å². The van der Waals surface area contributed by atoms with Crippen LogP contribution in [0.15, 0.2) is 46.8 Å². The van der Waals surface area contributed by atoms with Gasteiger partial charge in [-0.25, -0.2) is 15.0 Å². The number of para-hydroxylation sites is 2. The maximum absolute atomic E-state index is 8.77. The number of benzene rings is 1. The molecule has 0 saturated heterocycles. The molecule has 3 rings (SSSR count). The first-order valence-electron chi connectivity index (χ1n) is 5.21. The lowest BCUT2D eigenvalue weighted by Crippen LogP contribution is -1.89. The minimum absolute atomic E-state index is 0.351. The average Bonchev–Trinajstić information content (AvgIpc) is 2.81. The zero-order valence-electron chi connectivity index (χ0n) is 9.16. The molecule has 0 fully saturated rings. The van der Waals surface area contributed by atoms with Crippen LogP contribution in [0.5, 0.6) is 0 Å². The summed E-state index contributed by atoms with van der Waals surface area (Å²) in [6.07, 6.45) is 1.57.